The van der Waals surface area contributed by atoms with Crippen LogP contribution in [-0.2, 0) is 9.59 Å². The number of nitrogens with one attached hydrogen (secondary N) is 3. The second-order valence-corrected chi connectivity index (χ2v) is 7.23. The molecule has 0 saturated heterocycles. The molecule has 2 aliphatic rings. The number of hydrogen-bond donors (Lipinski definition) is 3. The van der Waals surface area contributed by atoms with Gasteiger partial charge in [-0.1, -0.05) is 6.42 Å². The van der Waals surface area contributed by atoms with E-state index >= 15 is 0 Å². The number of anilines is 1. The van der Waals surface area contributed by atoms with Crippen LogP contribution in [0.15, 0.2) is 24.4 Å². The van der Waals surface area contributed by atoms with Gasteiger partial charge in [-0.25, -0.2) is 0 Å². The molecule has 4 rings (SSSR count). The number of aromatic nitrogens is 2. The number of aromatic amines is 1. The molecular formula is C18H22N4O2. The van der Waals surface area contributed by atoms with Crippen molar-refractivity contribution in [2.75, 3.05) is 5.32 Å². The van der Waals surface area contributed by atoms with Crippen molar-refractivity contribution in [1.29, 1.82) is 0 Å². The van der Waals surface area contributed by atoms with E-state index in [4.69, 9.17) is 0 Å². The minimum atomic E-state index is -0.621. The highest BCUT2D eigenvalue weighted by Gasteiger charge is 2.42. The van der Waals surface area contributed by atoms with Gasteiger partial charge >= 0.3 is 11.8 Å². The van der Waals surface area contributed by atoms with Crippen molar-refractivity contribution in [2.24, 2.45) is 17.8 Å². The monoisotopic (exact) mass is 326 g/mol. The van der Waals surface area contributed by atoms with Gasteiger partial charge in [-0.3, -0.25) is 14.7 Å². The SMILES string of the molecule is CC(NC(=O)C(=O)Nc1ccc2cn[nH]c2c1)C1CC2CCC1C2. The van der Waals surface area contributed by atoms with Crippen molar-refractivity contribution >= 4 is 28.4 Å². The van der Waals surface area contributed by atoms with Crippen LogP contribution >= 0.6 is 0 Å². The number of fused-ring (bicyclic) bond motifs is 3. The summed E-state index contributed by atoms with van der Waals surface area (Å²) in [5, 5.41) is 13.3. The molecule has 1 heterocycles. The van der Waals surface area contributed by atoms with Crippen LogP contribution in [-0.4, -0.2) is 28.1 Å². The number of hydrogen-bond acceptors (Lipinski definition) is 3. The minimum Gasteiger partial charge on any atom is -0.345 e. The molecule has 2 fully saturated rings. The fourth-order valence-corrected chi connectivity index (χ4v) is 4.49. The smallest absolute Gasteiger partial charge is 0.313 e. The average molecular weight is 326 g/mol. The average Bonchev–Trinajstić information content (AvgIpc) is 3.30. The van der Waals surface area contributed by atoms with Crippen LogP contribution in [0.4, 0.5) is 5.69 Å². The van der Waals surface area contributed by atoms with Crippen molar-refractivity contribution in [3.63, 3.8) is 0 Å². The van der Waals surface area contributed by atoms with Gasteiger partial charge in [0, 0.05) is 17.1 Å². The third-order valence-electron chi connectivity index (χ3n) is 5.70. The van der Waals surface area contributed by atoms with E-state index in [2.05, 4.69) is 20.8 Å². The zero-order valence-electron chi connectivity index (χ0n) is 13.7. The van der Waals surface area contributed by atoms with Gasteiger partial charge in [0.2, 0.25) is 0 Å². The number of carbonyl (C=O) groups is 2. The quantitative estimate of drug-likeness (QED) is 0.757. The van der Waals surface area contributed by atoms with Crippen LogP contribution < -0.4 is 10.6 Å². The molecule has 4 unspecified atom stereocenters. The van der Waals surface area contributed by atoms with E-state index in [0.29, 0.717) is 11.6 Å². The molecule has 2 amide bonds. The highest BCUT2D eigenvalue weighted by Crippen LogP contribution is 2.49. The Kier molecular flexibility index (Phi) is 3.75. The lowest BCUT2D eigenvalue weighted by Crippen LogP contribution is -2.45. The van der Waals surface area contributed by atoms with Crippen molar-refractivity contribution in [3.8, 4) is 0 Å². The van der Waals surface area contributed by atoms with E-state index in [1.54, 1.807) is 18.3 Å². The van der Waals surface area contributed by atoms with Crippen molar-refractivity contribution in [2.45, 2.75) is 38.6 Å². The zero-order valence-corrected chi connectivity index (χ0v) is 13.7. The first-order valence-electron chi connectivity index (χ1n) is 8.65. The second-order valence-electron chi connectivity index (χ2n) is 7.23. The van der Waals surface area contributed by atoms with Gasteiger partial charge in [-0.15, -0.1) is 0 Å². The normalized spacial score (nSPS) is 26.5. The van der Waals surface area contributed by atoms with Gasteiger partial charge < -0.3 is 10.6 Å². The maximum atomic E-state index is 12.2. The molecule has 2 saturated carbocycles. The van der Waals surface area contributed by atoms with Gasteiger partial charge in [0.25, 0.3) is 0 Å². The third-order valence-corrected chi connectivity index (χ3v) is 5.70. The maximum Gasteiger partial charge on any atom is 0.313 e. The van der Waals surface area contributed by atoms with Gasteiger partial charge in [0.15, 0.2) is 0 Å². The summed E-state index contributed by atoms with van der Waals surface area (Å²) in [6.07, 6.45) is 6.79. The number of amides is 2. The standard InChI is InChI=1S/C18H22N4O2/c1-10(15-7-11-2-3-12(15)6-11)20-17(23)18(24)21-14-5-4-13-9-19-22-16(13)8-14/h4-5,8-12,15H,2-3,6-7H2,1H3,(H,19,22)(H,20,23)(H,21,24). The molecule has 3 N–H and O–H groups in total. The molecule has 6 heteroatoms. The molecule has 1 aromatic heterocycles. The molecule has 6 nitrogen and oxygen atoms in total. The van der Waals surface area contributed by atoms with E-state index in [0.717, 1.165) is 22.7 Å². The topological polar surface area (TPSA) is 86.9 Å². The van der Waals surface area contributed by atoms with Crippen LogP contribution in [0.1, 0.15) is 32.6 Å². The number of nitrogens with zero attached hydrogens (tertiary/aromatic N) is 1. The summed E-state index contributed by atoms with van der Waals surface area (Å²) in [4.78, 5) is 24.3. The highest BCUT2D eigenvalue weighted by atomic mass is 16.2. The molecular weight excluding hydrogens is 304 g/mol. The molecule has 1 aromatic carbocycles. The van der Waals surface area contributed by atoms with E-state index in [1.807, 2.05) is 13.0 Å². The largest absolute Gasteiger partial charge is 0.345 e. The fourth-order valence-electron chi connectivity index (χ4n) is 4.49. The van der Waals surface area contributed by atoms with E-state index in [1.165, 1.54) is 25.7 Å². The Labute approximate surface area is 140 Å². The molecule has 4 atom stereocenters. The summed E-state index contributed by atoms with van der Waals surface area (Å²) in [5.41, 5.74) is 1.41. The molecule has 2 bridgehead atoms. The van der Waals surface area contributed by atoms with E-state index in [-0.39, 0.29) is 6.04 Å². The van der Waals surface area contributed by atoms with Gasteiger partial charge in [0.1, 0.15) is 0 Å². The Morgan fingerprint density at radius 1 is 1.25 bits per heavy atom. The second kappa shape index (κ2) is 5.92. The number of rotatable bonds is 3. The Morgan fingerprint density at radius 3 is 2.88 bits per heavy atom. The van der Waals surface area contributed by atoms with Crippen LogP contribution in [0.5, 0.6) is 0 Å². The van der Waals surface area contributed by atoms with Crippen LogP contribution in [0, 0.1) is 17.8 Å². The molecule has 0 aliphatic heterocycles. The van der Waals surface area contributed by atoms with Crippen molar-refractivity contribution in [3.05, 3.63) is 24.4 Å². The molecule has 2 aliphatic carbocycles. The summed E-state index contributed by atoms with van der Waals surface area (Å²) < 4.78 is 0. The molecule has 0 spiro atoms. The summed E-state index contributed by atoms with van der Waals surface area (Å²) in [6.45, 7) is 2.02. The van der Waals surface area contributed by atoms with Crippen LogP contribution in [0.3, 0.4) is 0 Å². The first-order chi connectivity index (χ1) is 11.6. The van der Waals surface area contributed by atoms with E-state index in [9.17, 15) is 9.59 Å². The number of benzene rings is 1. The third kappa shape index (κ3) is 2.77. The lowest BCUT2D eigenvalue weighted by Gasteiger charge is -2.28. The predicted octanol–water partition coefficient (Wildman–Crippen LogP) is 2.44. The lowest BCUT2D eigenvalue weighted by molar-refractivity contribution is -0.136. The van der Waals surface area contributed by atoms with Crippen molar-refractivity contribution in [1.82, 2.24) is 15.5 Å². The molecule has 2 aromatic rings. The molecule has 0 radical (unpaired) electrons. The maximum absolute atomic E-state index is 12.2. The Balaban J connectivity index is 1.36. The summed E-state index contributed by atoms with van der Waals surface area (Å²) in [5.74, 6) is 0.881. The lowest BCUT2D eigenvalue weighted by atomic mass is 9.84. The van der Waals surface area contributed by atoms with Gasteiger partial charge in [0.05, 0.1) is 11.7 Å². The van der Waals surface area contributed by atoms with E-state index < -0.39 is 11.8 Å². The first kappa shape index (κ1) is 15.2. The zero-order chi connectivity index (χ0) is 16.7. The van der Waals surface area contributed by atoms with Crippen LogP contribution in [0.2, 0.25) is 0 Å². The Morgan fingerprint density at radius 2 is 2.12 bits per heavy atom. The number of H-pyrrole nitrogens is 1. The number of carbonyl (C=O) groups excluding carboxylic acids is 2. The van der Waals surface area contributed by atoms with Crippen molar-refractivity contribution < 1.29 is 9.59 Å². The Bertz CT molecular complexity index is 784. The Hall–Kier alpha value is -2.37. The summed E-state index contributed by atoms with van der Waals surface area (Å²) in [6, 6.07) is 5.44. The van der Waals surface area contributed by atoms with Crippen LogP contribution in [0.25, 0.3) is 10.9 Å². The molecule has 126 valence electrons. The highest BCUT2D eigenvalue weighted by molar-refractivity contribution is 6.39. The minimum absolute atomic E-state index is 0.0497. The van der Waals surface area contributed by atoms with Gasteiger partial charge in [-0.2, -0.15) is 5.10 Å². The summed E-state index contributed by atoms with van der Waals surface area (Å²) >= 11 is 0. The molecule has 24 heavy (non-hydrogen) atoms. The fraction of sp³-hybridized carbons (Fsp3) is 0.500. The first-order valence-corrected chi connectivity index (χ1v) is 8.65. The predicted molar refractivity (Wildman–Crippen MR) is 91.3 cm³/mol. The van der Waals surface area contributed by atoms with Gasteiger partial charge in [-0.05, 0) is 62.1 Å². The summed E-state index contributed by atoms with van der Waals surface area (Å²) in [7, 11) is 0.